The van der Waals surface area contributed by atoms with Crippen molar-refractivity contribution in [3.63, 3.8) is 0 Å². The van der Waals surface area contributed by atoms with Gasteiger partial charge in [-0.2, -0.15) is 10.2 Å². The SMILES string of the molecule is CC(C)CCCC(C)C1CCC2C3CC=C4CC(OC(=O)COc5ccc(N=Nc6ccc7c(c6)OCCOCCOCCOCCO7)cc5)CCC4(C)C3CCC12C. The van der Waals surface area contributed by atoms with Gasteiger partial charge in [0, 0.05) is 12.5 Å². The summed E-state index contributed by atoms with van der Waals surface area (Å²) in [5, 5.41) is 8.82. The molecule has 59 heavy (non-hydrogen) atoms. The predicted molar refractivity (Wildman–Crippen MR) is 229 cm³/mol. The third kappa shape index (κ3) is 10.9. The molecule has 1 heterocycles. The molecule has 10 nitrogen and oxygen atoms in total. The van der Waals surface area contributed by atoms with Gasteiger partial charge in [0.25, 0.3) is 0 Å². The van der Waals surface area contributed by atoms with E-state index in [-0.39, 0.29) is 24.1 Å². The molecule has 0 radical (unpaired) electrons. The van der Waals surface area contributed by atoms with Crippen molar-refractivity contribution < 1.29 is 38.0 Å². The number of allylic oxidation sites excluding steroid dienone is 1. The summed E-state index contributed by atoms with van der Waals surface area (Å²) in [7, 11) is 0. The highest BCUT2D eigenvalue weighted by atomic mass is 16.6. The second-order valence-electron chi connectivity index (χ2n) is 18.8. The summed E-state index contributed by atoms with van der Waals surface area (Å²) >= 11 is 0. The van der Waals surface area contributed by atoms with Crippen molar-refractivity contribution in [1.29, 1.82) is 0 Å². The van der Waals surface area contributed by atoms with Crippen LogP contribution in [0.25, 0.3) is 0 Å². The first-order valence-electron chi connectivity index (χ1n) is 22.8. The Hall–Kier alpha value is -3.47. The van der Waals surface area contributed by atoms with Crippen LogP contribution in [0.4, 0.5) is 11.4 Å². The number of fused-ring (bicyclic) bond motifs is 6. The predicted octanol–water partition coefficient (Wildman–Crippen LogP) is 11.3. The second-order valence-corrected chi connectivity index (χ2v) is 18.8. The Labute approximate surface area is 353 Å². The zero-order chi connectivity index (χ0) is 41.2. The molecule has 7 rings (SSSR count). The molecule has 4 aliphatic carbocycles. The average molecular weight is 815 g/mol. The first kappa shape index (κ1) is 43.6. The van der Waals surface area contributed by atoms with E-state index < -0.39 is 0 Å². The molecular formula is C49H70N2O8. The standard InChI is InChI=1S/C49H70N2O8/c1-34(2)7-6-8-35(3)42-16-17-43-41-15-9-36-31-40(19-21-48(36,4)44(41)20-22-49(42,43)5)59-47(52)33-58-39-13-10-37(11-14-39)50-51-38-12-18-45-46(32-38)57-30-28-55-26-24-53-23-25-54-27-29-56-45/h9-14,18,32,34-35,40-44H,6-8,15-17,19-31,33H2,1-5H3. The summed E-state index contributed by atoms with van der Waals surface area (Å²) in [6.45, 7) is 16.0. The lowest BCUT2D eigenvalue weighted by atomic mass is 9.47. The number of ether oxygens (including phenoxy) is 7. The molecule has 0 N–H and O–H groups in total. The van der Waals surface area contributed by atoms with Crippen LogP contribution < -0.4 is 14.2 Å². The van der Waals surface area contributed by atoms with Gasteiger partial charge in [-0.1, -0.05) is 65.5 Å². The molecule has 0 amide bonds. The lowest BCUT2D eigenvalue weighted by Gasteiger charge is -2.58. The topological polar surface area (TPSA) is 106 Å². The number of hydrogen-bond acceptors (Lipinski definition) is 10. The maximum Gasteiger partial charge on any atom is 0.344 e. The first-order chi connectivity index (χ1) is 28.6. The summed E-state index contributed by atoms with van der Waals surface area (Å²) in [6.07, 6.45) is 16.2. The third-order valence-corrected chi connectivity index (χ3v) is 14.7. The summed E-state index contributed by atoms with van der Waals surface area (Å²) < 4.78 is 40.4. The second kappa shape index (κ2) is 20.4. The van der Waals surface area contributed by atoms with Gasteiger partial charge in [0.2, 0.25) is 0 Å². The van der Waals surface area contributed by atoms with Gasteiger partial charge in [0.1, 0.15) is 25.1 Å². The molecule has 10 heteroatoms. The highest BCUT2D eigenvalue weighted by Gasteiger charge is 2.59. The van der Waals surface area contributed by atoms with Crippen molar-refractivity contribution in [2.75, 3.05) is 59.5 Å². The molecule has 0 spiro atoms. The van der Waals surface area contributed by atoms with Gasteiger partial charge in [-0.25, -0.2) is 4.79 Å². The Morgan fingerprint density at radius 3 is 2.17 bits per heavy atom. The first-order valence-corrected chi connectivity index (χ1v) is 22.8. The Kier molecular flexibility index (Phi) is 15.1. The monoisotopic (exact) mass is 815 g/mol. The Bertz CT molecular complexity index is 1730. The molecule has 0 aromatic heterocycles. The minimum atomic E-state index is -0.318. The lowest BCUT2D eigenvalue weighted by Crippen LogP contribution is -2.51. The fraction of sp³-hybridized carbons (Fsp3) is 0.694. The Morgan fingerprint density at radius 2 is 1.44 bits per heavy atom. The van der Waals surface area contributed by atoms with E-state index in [0.717, 1.165) is 54.8 Å². The fourth-order valence-electron chi connectivity index (χ4n) is 11.6. The highest BCUT2D eigenvalue weighted by Crippen LogP contribution is 2.67. The van der Waals surface area contributed by atoms with Crippen LogP contribution in [0.15, 0.2) is 64.3 Å². The largest absolute Gasteiger partial charge is 0.487 e. The summed E-state index contributed by atoms with van der Waals surface area (Å²) in [4.78, 5) is 13.0. The number of carbonyl (C=O) groups excluding carboxylic acids is 1. The number of azo groups is 1. The quantitative estimate of drug-likeness (QED) is 0.125. The van der Waals surface area contributed by atoms with Crippen molar-refractivity contribution in [3.8, 4) is 17.2 Å². The summed E-state index contributed by atoms with van der Waals surface area (Å²) in [5.74, 6) is 6.33. The van der Waals surface area contributed by atoms with Crippen molar-refractivity contribution in [2.24, 2.45) is 56.6 Å². The van der Waals surface area contributed by atoms with Crippen molar-refractivity contribution in [3.05, 3.63) is 54.1 Å². The van der Waals surface area contributed by atoms with Crippen molar-refractivity contribution in [1.82, 2.24) is 0 Å². The molecule has 8 atom stereocenters. The smallest absolute Gasteiger partial charge is 0.344 e. The minimum Gasteiger partial charge on any atom is -0.487 e. The lowest BCUT2D eigenvalue weighted by molar-refractivity contribution is -0.153. The molecule has 0 bridgehead atoms. The fourth-order valence-corrected chi connectivity index (χ4v) is 11.6. The van der Waals surface area contributed by atoms with Crippen LogP contribution in [0.3, 0.4) is 0 Å². The van der Waals surface area contributed by atoms with Gasteiger partial charge >= 0.3 is 5.97 Å². The zero-order valence-corrected chi connectivity index (χ0v) is 36.5. The van der Waals surface area contributed by atoms with E-state index in [1.165, 1.54) is 56.9 Å². The number of esters is 1. The Morgan fingerprint density at radius 1 is 0.763 bits per heavy atom. The Balaban J connectivity index is 0.872. The maximum absolute atomic E-state index is 13.0. The van der Waals surface area contributed by atoms with Crippen LogP contribution in [0, 0.1) is 46.3 Å². The molecule has 324 valence electrons. The molecule has 0 saturated heterocycles. The summed E-state index contributed by atoms with van der Waals surface area (Å²) in [6, 6.07) is 12.7. The number of rotatable bonds is 11. The molecule has 5 aliphatic rings. The molecular weight excluding hydrogens is 745 g/mol. The number of carbonyl (C=O) groups is 1. The van der Waals surface area contributed by atoms with Gasteiger partial charge < -0.3 is 33.2 Å². The van der Waals surface area contributed by atoms with Gasteiger partial charge in [-0.3, -0.25) is 0 Å². The molecule has 2 aromatic rings. The highest BCUT2D eigenvalue weighted by molar-refractivity contribution is 5.71. The van der Waals surface area contributed by atoms with E-state index in [4.69, 9.17) is 33.2 Å². The van der Waals surface area contributed by atoms with Crippen molar-refractivity contribution >= 4 is 17.3 Å². The van der Waals surface area contributed by atoms with Crippen LogP contribution in [0.1, 0.15) is 105 Å². The third-order valence-electron chi connectivity index (χ3n) is 14.7. The van der Waals surface area contributed by atoms with Crippen LogP contribution in [0.2, 0.25) is 0 Å². The molecule has 2 aromatic carbocycles. The number of hydrogen-bond donors (Lipinski definition) is 0. The van der Waals surface area contributed by atoms with Gasteiger partial charge in [-0.05, 0) is 128 Å². The summed E-state index contributed by atoms with van der Waals surface area (Å²) in [5.41, 5.74) is 3.52. The maximum atomic E-state index is 13.0. The van der Waals surface area contributed by atoms with Crippen LogP contribution in [0.5, 0.6) is 17.2 Å². The van der Waals surface area contributed by atoms with E-state index >= 15 is 0 Å². The van der Waals surface area contributed by atoms with E-state index in [1.807, 2.05) is 24.3 Å². The number of nitrogens with zero attached hydrogens (tertiary/aromatic N) is 2. The van der Waals surface area contributed by atoms with E-state index in [9.17, 15) is 4.79 Å². The van der Waals surface area contributed by atoms with Crippen LogP contribution >= 0.6 is 0 Å². The molecule has 1 aliphatic heterocycles. The normalized spacial score (nSPS) is 30.9. The zero-order valence-electron chi connectivity index (χ0n) is 36.5. The van der Waals surface area contributed by atoms with E-state index in [0.29, 0.717) is 86.9 Å². The van der Waals surface area contributed by atoms with Crippen LogP contribution in [-0.4, -0.2) is 71.5 Å². The molecule has 3 saturated carbocycles. The van der Waals surface area contributed by atoms with Gasteiger partial charge in [-0.15, -0.1) is 0 Å². The molecule has 8 unspecified atom stereocenters. The van der Waals surface area contributed by atoms with E-state index in [1.54, 1.807) is 18.2 Å². The minimum absolute atomic E-state index is 0.0882. The molecule has 3 fully saturated rings. The van der Waals surface area contributed by atoms with Crippen molar-refractivity contribution in [2.45, 2.75) is 111 Å². The average Bonchev–Trinajstić information content (AvgIpc) is 3.58. The number of benzene rings is 2. The van der Waals surface area contributed by atoms with Gasteiger partial charge in [0.05, 0.1) is 51.0 Å². The van der Waals surface area contributed by atoms with E-state index in [2.05, 4.69) is 50.9 Å². The van der Waals surface area contributed by atoms with Gasteiger partial charge in [0.15, 0.2) is 18.1 Å². The van der Waals surface area contributed by atoms with Crippen LogP contribution in [-0.2, 0) is 23.7 Å².